The summed E-state index contributed by atoms with van der Waals surface area (Å²) in [7, 11) is 1.75. The van der Waals surface area contributed by atoms with E-state index >= 15 is 0 Å². The van der Waals surface area contributed by atoms with Crippen LogP contribution in [0.1, 0.15) is 50.2 Å². The first-order valence-corrected chi connectivity index (χ1v) is 8.78. The van der Waals surface area contributed by atoms with E-state index in [4.69, 9.17) is 9.47 Å². The number of benzene rings is 1. The third kappa shape index (κ3) is 5.54. The molecule has 0 amide bonds. The highest BCUT2D eigenvalue weighted by Gasteiger charge is 2.20. The molecule has 1 aromatic carbocycles. The molecule has 1 aromatic rings. The lowest BCUT2D eigenvalue weighted by Gasteiger charge is -2.27. The average Bonchev–Trinajstić information content (AvgIpc) is 2.57. The van der Waals surface area contributed by atoms with Crippen molar-refractivity contribution in [2.24, 2.45) is 0 Å². The summed E-state index contributed by atoms with van der Waals surface area (Å²) in [6.07, 6.45) is 6.98. The molecule has 4 heteroatoms. The van der Waals surface area contributed by atoms with Crippen molar-refractivity contribution in [3.8, 4) is 5.75 Å². The van der Waals surface area contributed by atoms with E-state index in [2.05, 4.69) is 23.5 Å². The molecule has 0 saturated heterocycles. The Morgan fingerprint density at radius 2 is 2.17 bits per heavy atom. The highest BCUT2D eigenvalue weighted by Crippen LogP contribution is 2.29. The lowest BCUT2D eigenvalue weighted by molar-refractivity contribution is -0.143. The van der Waals surface area contributed by atoms with E-state index in [9.17, 15) is 4.79 Å². The summed E-state index contributed by atoms with van der Waals surface area (Å²) in [5.41, 5.74) is 2.79. The Kier molecular flexibility index (Phi) is 7.40. The van der Waals surface area contributed by atoms with Crippen LogP contribution in [0.3, 0.4) is 0 Å². The fourth-order valence-electron chi connectivity index (χ4n) is 3.23. The third-order valence-corrected chi connectivity index (χ3v) is 4.46. The summed E-state index contributed by atoms with van der Waals surface area (Å²) >= 11 is 0. The lowest BCUT2D eigenvalue weighted by Crippen LogP contribution is -2.35. The predicted octanol–water partition coefficient (Wildman–Crippen LogP) is 3.27. The summed E-state index contributed by atoms with van der Waals surface area (Å²) in [5, 5.41) is 3.66. The molecule has 0 fully saturated rings. The maximum Gasteiger partial charge on any atom is 0.305 e. The van der Waals surface area contributed by atoms with Crippen molar-refractivity contribution in [3.63, 3.8) is 0 Å². The second-order valence-corrected chi connectivity index (χ2v) is 6.11. The molecule has 0 bridgehead atoms. The zero-order chi connectivity index (χ0) is 16.5. The molecule has 0 radical (unpaired) electrons. The first-order chi connectivity index (χ1) is 11.2. The van der Waals surface area contributed by atoms with Crippen molar-refractivity contribution in [1.29, 1.82) is 0 Å². The number of carbonyl (C=O) groups excluding carboxylic acids is 1. The van der Waals surface area contributed by atoms with Gasteiger partial charge in [-0.25, -0.2) is 0 Å². The molecule has 23 heavy (non-hydrogen) atoms. The molecular formula is C19H29NO3. The molecule has 1 unspecified atom stereocenters. The van der Waals surface area contributed by atoms with Crippen molar-refractivity contribution in [2.75, 3.05) is 20.3 Å². The van der Waals surface area contributed by atoms with E-state index in [1.165, 1.54) is 17.5 Å². The minimum Gasteiger partial charge on any atom is -0.496 e. The molecule has 0 aromatic heterocycles. The summed E-state index contributed by atoms with van der Waals surface area (Å²) in [6, 6.07) is 6.87. The highest BCUT2D eigenvalue weighted by molar-refractivity contribution is 5.69. The van der Waals surface area contributed by atoms with Crippen LogP contribution in [0.4, 0.5) is 0 Å². The van der Waals surface area contributed by atoms with Gasteiger partial charge in [0, 0.05) is 12.5 Å². The first kappa shape index (κ1) is 17.8. The van der Waals surface area contributed by atoms with Gasteiger partial charge in [0.05, 0.1) is 13.7 Å². The molecule has 1 aliphatic carbocycles. The zero-order valence-corrected chi connectivity index (χ0v) is 14.4. The van der Waals surface area contributed by atoms with Crippen LogP contribution in [0.5, 0.6) is 5.75 Å². The molecule has 0 aliphatic heterocycles. The van der Waals surface area contributed by atoms with Crippen LogP contribution in [0.15, 0.2) is 18.2 Å². The Bertz CT molecular complexity index is 487. The molecule has 4 nitrogen and oxygen atoms in total. The zero-order valence-electron chi connectivity index (χ0n) is 14.4. The number of aryl methyl sites for hydroxylation is 1. The molecule has 1 atom stereocenters. The smallest absolute Gasteiger partial charge is 0.305 e. The van der Waals surface area contributed by atoms with Gasteiger partial charge in [0.15, 0.2) is 0 Å². The van der Waals surface area contributed by atoms with Crippen LogP contribution >= 0.6 is 0 Å². The van der Waals surface area contributed by atoms with Gasteiger partial charge in [0.1, 0.15) is 5.75 Å². The molecule has 0 spiro atoms. The summed E-state index contributed by atoms with van der Waals surface area (Å²) in [4.78, 5) is 11.3. The number of hydrogen-bond donors (Lipinski definition) is 1. The monoisotopic (exact) mass is 319 g/mol. The number of carbonyl (C=O) groups is 1. The fourth-order valence-corrected chi connectivity index (χ4v) is 3.23. The molecule has 128 valence electrons. The van der Waals surface area contributed by atoms with Crippen LogP contribution < -0.4 is 10.1 Å². The first-order valence-electron chi connectivity index (χ1n) is 8.78. The van der Waals surface area contributed by atoms with Crippen LogP contribution in [-0.4, -0.2) is 32.3 Å². The van der Waals surface area contributed by atoms with E-state index in [-0.39, 0.29) is 5.97 Å². The maximum absolute atomic E-state index is 11.3. The average molecular weight is 319 g/mol. The number of unbranched alkanes of at least 4 members (excludes halogenated alkanes) is 2. The van der Waals surface area contributed by atoms with Gasteiger partial charge in [0.2, 0.25) is 0 Å². The van der Waals surface area contributed by atoms with Crippen molar-refractivity contribution in [1.82, 2.24) is 5.32 Å². The Morgan fingerprint density at radius 3 is 2.96 bits per heavy atom. The molecule has 1 N–H and O–H groups in total. The van der Waals surface area contributed by atoms with Crippen LogP contribution in [-0.2, 0) is 22.4 Å². The number of esters is 1. The van der Waals surface area contributed by atoms with Gasteiger partial charge < -0.3 is 14.8 Å². The minimum absolute atomic E-state index is 0.0727. The molecule has 1 aliphatic rings. The number of ether oxygens (including phenoxy) is 2. The van der Waals surface area contributed by atoms with Gasteiger partial charge in [-0.2, -0.15) is 0 Å². The SMILES string of the molecule is CCOC(=O)CCCCCNC1CCc2cccc(OC)c2C1. The van der Waals surface area contributed by atoms with Crippen LogP contribution in [0.2, 0.25) is 0 Å². The number of hydrogen-bond acceptors (Lipinski definition) is 4. The Labute approximate surface area is 139 Å². The second kappa shape index (κ2) is 9.56. The summed E-state index contributed by atoms with van der Waals surface area (Å²) in [5.74, 6) is 0.944. The summed E-state index contributed by atoms with van der Waals surface area (Å²) < 4.78 is 10.4. The standard InChI is InChI=1S/C19H29NO3/c1-3-23-19(21)10-5-4-6-13-20-16-12-11-15-8-7-9-18(22-2)17(15)14-16/h7-9,16,20H,3-6,10-14H2,1-2H3. The van der Waals surface area contributed by atoms with Gasteiger partial charge in [-0.3, -0.25) is 4.79 Å². The molecule has 0 heterocycles. The third-order valence-electron chi connectivity index (χ3n) is 4.46. The predicted molar refractivity (Wildman–Crippen MR) is 91.9 cm³/mol. The van der Waals surface area contributed by atoms with Crippen molar-refractivity contribution in [2.45, 2.75) is 57.9 Å². The van der Waals surface area contributed by atoms with Crippen molar-refractivity contribution in [3.05, 3.63) is 29.3 Å². The van der Waals surface area contributed by atoms with E-state index < -0.39 is 0 Å². The molecule has 2 rings (SSSR count). The highest BCUT2D eigenvalue weighted by atomic mass is 16.5. The number of nitrogens with one attached hydrogen (secondary N) is 1. The Morgan fingerprint density at radius 1 is 1.30 bits per heavy atom. The minimum atomic E-state index is -0.0727. The molecule has 0 saturated carbocycles. The van der Waals surface area contributed by atoms with Crippen LogP contribution in [0, 0.1) is 0 Å². The lowest BCUT2D eigenvalue weighted by atomic mass is 9.87. The van der Waals surface area contributed by atoms with E-state index in [0.29, 0.717) is 19.1 Å². The largest absolute Gasteiger partial charge is 0.496 e. The van der Waals surface area contributed by atoms with E-state index in [1.807, 2.05) is 6.92 Å². The van der Waals surface area contributed by atoms with Gasteiger partial charge in [-0.15, -0.1) is 0 Å². The number of fused-ring (bicyclic) bond motifs is 1. The Balaban J connectivity index is 1.65. The van der Waals surface area contributed by atoms with Gasteiger partial charge in [0.25, 0.3) is 0 Å². The molecular weight excluding hydrogens is 290 g/mol. The van der Waals surface area contributed by atoms with E-state index in [1.54, 1.807) is 7.11 Å². The van der Waals surface area contributed by atoms with Crippen molar-refractivity contribution < 1.29 is 14.3 Å². The van der Waals surface area contributed by atoms with E-state index in [0.717, 1.165) is 44.4 Å². The fraction of sp³-hybridized carbons (Fsp3) is 0.632. The summed E-state index contributed by atoms with van der Waals surface area (Å²) in [6.45, 7) is 3.34. The second-order valence-electron chi connectivity index (χ2n) is 6.11. The number of rotatable bonds is 9. The number of methoxy groups -OCH3 is 1. The normalized spacial score (nSPS) is 16.7. The van der Waals surface area contributed by atoms with Crippen LogP contribution in [0.25, 0.3) is 0 Å². The van der Waals surface area contributed by atoms with Gasteiger partial charge in [-0.05, 0) is 62.8 Å². The van der Waals surface area contributed by atoms with Gasteiger partial charge in [-0.1, -0.05) is 18.6 Å². The quantitative estimate of drug-likeness (QED) is 0.560. The van der Waals surface area contributed by atoms with Gasteiger partial charge >= 0.3 is 5.97 Å². The maximum atomic E-state index is 11.3. The topological polar surface area (TPSA) is 47.6 Å². The van der Waals surface area contributed by atoms with Crippen molar-refractivity contribution >= 4 is 5.97 Å². The Hall–Kier alpha value is -1.55.